The Bertz CT molecular complexity index is 601. The van der Waals surface area contributed by atoms with Crippen LogP contribution in [0, 0.1) is 18.6 Å². The van der Waals surface area contributed by atoms with Gasteiger partial charge in [-0.3, -0.25) is 0 Å². The highest BCUT2D eigenvalue weighted by molar-refractivity contribution is 6.24. The van der Waals surface area contributed by atoms with E-state index in [1.807, 2.05) is 37.3 Å². The Morgan fingerprint density at radius 3 is 2.37 bits per heavy atom. The van der Waals surface area contributed by atoms with E-state index >= 15 is 0 Å². The highest BCUT2D eigenvalue weighted by atomic mass is 35.5. The third kappa shape index (κ3) is 3.42. The summed E-state index contributed by atoms with van der Waals surface area (Å²) in [6, 6.07) is 11.3. The average Bonchev–Trinajstić information content (AvgIpc) is 2.39. The maximum atomic E-state index is 13.7. The molecule has 2 rings (SSSR count). The van der Waals surface area contributed by atoms with E-state index in [0.717, 1.165) is 17.2 Å². The van der Waals surface area contributed by atoms with Crippen molar-refractivity contribution in [2.75, 3.05) is 5.88 Å². The fourth-order valence-corrected chi connectivity index (χ4v) is 2.02. The summed E-state index contributed by atoms with van der Waals surface area (Å²) >= 11 is 5.87. The molecule has 0 amide bonds. The van der Waals surface area contributed by atoms with E-state index < -0.39 is 11.6 Å². The molecule has 19 heavy (non-hydrogen) atoms. The summed E-state index contributed by atoms with van der Waals surface area (Å²) < 4.78 is 26.6. The van der Waals surface area contributed by atoms with Gasteiger partial charge in [0.1, 0.15) is 11.6 Å². The van der Waals surface area contributed by atoms with Crippen LogP contribution in [0.5, 0.6) is 0 Å². The van der Waals surface area contributed by atoms with E-state index in [2.05, 4.69) is 0 Å². The molecule has 0 saturated heterocycles. The Morgan fingerprint density at radius 1 is 1.11 bits per heavy atom. The summed E-state index contributed by atoms with van der Waals surface area (Å²) in [6.07, 6.45) is 1.81. The first kappa shape index (κ1) is 13.8. The number of allylic oxidation sites excluding steroid dienone is 1. The maximum absolute atomic E-state index is 13.7. The fourth-order valence-electron chi connectivity index (χ4n) is 1.80. The van der Waals surface area contributed by atoms with Crippen LogP contribution in [0.3, 0.4) is 0 Å². The maximum Gasteiger partial charge on any atom is 0.133 e. The van der Waals surface area contributed by atoms with Gasteiger partial charge in [-0.25, -0.2) is 8.78 Å². The topological polar surface area (TPSA) is 0 Å². The first-order chi connectivity index (χ1) is 9.10. The van der Waals surface area contributed by atoms with Crippen LogP contribution in [0.25, 0.3) is 11.6 Å². The largest absolute Gasteiger partial charge is 0.207 e. The molecule has 2 aromatic carbocycles. The molecule has 0 aliphatic rings. The lowest BCUT2D eigenvalue weighted by Gasteiger charge is -2.06. The van der Waals surface area contributed by atoms with Crippen molar-refractivity contribution in [3.8, 4) is 0 Å². The van der Waals surface area contributed by atoms with E-state index in [0.29, 0.717) is 11.1 Å². The van der Waals surface area contributed by atoms with Crippen LogP contribution in [-0.2, 0) is 0 Å². The molecule has 0 heterocycles. The van der Waals surface area contributed by atoms with Crippen molar-refractivity contribution < 1.29 is 8.78 Å². The lowest BCUT2D eigenvalue weighted by Crippen LogP contribution is -1.93. The molecular formula is C16H13ClF2. The van der Waals surface area contributed by atoms with E-state index in [1.54, 1.807) is 0 Å². The lowest BCUT2D eigenvalue weighted by atomic mass is 10.0. The van der Waals surface area contributed by atoms with Crippen molar-refractivity contribution in [2.45, 2.75) is 6.92 Å². The first-order valence-corrected chi connectivity index (χ1v) is 6.42. The van der Waals surface area contributed by atoms with Crippen LogP contribution in [0.15, 0.2) is 42.5 Å². The van der Waals surface area contributed by atoms with E-state index in [-0.39, 0.29) is 5.88 Å². The first-order valence-electron chi connectivity index (χ1n) is 5.89. The van der Waals surface area contributed by atoms with Gasteiger partial charge in [0.05, 0.1) is 0 Å². The Balaban J connectivity index is 2.41. The molecule has 0 saturated carbocycles. The molecule has 0 aliphatic carbocycles. The minimum Gasteiger partial charge on any atom is -0.207 e. The van der Waals surface area contributed by atoms with Crippen molar-refractivity contribution >= 4 is 23.3 Å². The molecule has 2 aromatic rings. The molecule has 0 radical (unpaired) electrons. The highest BCUT2D eigenvalue weighted by Crippen LogP contribution is 2.23. The SMILES string of the molecule is Cc1ccc(C=C(CCl)c2ccc(F)cc2F)cc1. The molecule has 0 nitrogen and oxygen atoms in total. The van der Waals surface area contributed by atoms with Crippen molar-refractivity contribution in [1.29, 1.82) is 0 Å². The zero-order chi connectivity index (χ0) is 13.8. The molecule has 0 spiro atoms. The van der Waals surface area contributed by atoms with Gasteiger partial charge < -0.3 is 0 Å². The van der Waals surface area contributed by atoms with Gasteiger partial charge >= 0.3 is 0 Å². The van der Waals surface area contributed by atoms with Gasteiger partial charge in [0.25, 0.3) is 0 Å². The minimum atomic E-state index is -0.598. The van der Waals surface area contributed by atoms with Crippen LogP contribution < -0.4 is 0 Å². The summed E-state index contributed by atoms with van der Waals surface area (Å²) in [4.78, 5) is 0. The number of aryl methyl sites for hydroxylation is 1. The van der Waals surface area contributed by atoms with Crippen LogP contribution in [0.4, 0.5) is 8.78 Å². The van der Waals surface area contributed by atoms with Crippen LogP contribution in [0.1, 0.15) is 16.7 Å². The number of benzene rings is 2. The standard InChI is InChI=1S/C16H13ClF2/c1-11-2-4-12(5-3-11)8-13(10-17)15-7-6-14(18)9-16(15)19/h2-9H,10H2,1H3. The van der Waals surface area contributed by atoms with Gasteiger partial charge in [0.15, 0.2) is 0 Å². The molecule has 0 atom stereocenters. The third-order valence-electron chi connectivity index (χ3n) is 2.84. The van der Waals surface area contributed by atoms with Gasteiger partial charge in [-0.2, -0.15) is 0 Å². The molecule has 3 heteroatoms. The zero-order valence-electron chi connectivity index (χ0n) is 10.5. The second-order valence-corrected chi connectivity index (χ2v) is 4.61. The predicted octanol–water partition coefficient (Wildman–Crippen LogP) is 5.05. The summed E-state index contributed by atoms with van der Waals surface area (Å²) in [5, 5.41) is 0. The quantitative estimate of drug-likeness (QED) is 0.544. The summed E-state index contributed by atoms with van der Waals surface area (Å²) in [7, 11) is 0. The number of halogens is 3. The zero-order valence-corrected chi connectivity index (χ0v) is 11.2. The third-order valence-corrected chi connectivity index (χ3v) is 3.13. The van der Waals surface area contributed by atoms with Crippen LogP contribution >= 0.6 is 11.6 Å². The van der Waals surface area contributed by atoms with Gasteiger partial charge in [0, 0.05) is 17.5 Å². The molecular weight excluding hydrogens is 266 g/mol. The van der Waals surface area contributed by atoms with Crippen molar-refractivity contribution in [3.63, 3.8) is 0 Å². The second-order valence-electron chi connectivity index (χ2n) is 4.34. The molecule has 0 aliphatic heterocycles. The van der Waals surface area contributed by atoms with Crippen LogP contribution in [-0.4, -0.2) is 5.88 Å². The lowest BCUT2D eigenvalue weighted by molar-refractivity contribution is 0.581. The fraction of sp³-hybridized carbons (Fsp3) is 0.125. The number of alkyl halides is 1. The normalized spacial score (nSPS) is 11.7. The van der Waals surface area contributed by atoms with Crippen LogP contribution in [0.2, 0.25) is 0 Å². The average molecular weight is 279 g/mol. The highest BCUT2D eigenvalue weighted by Gasteiger charge is 2.08. The molecule has 0 bridgehead atoms. The minimum absolute atomic E-state index is 0.163. The smallest absolute Gasteiger partial charge is 0.133 e. The Morgan fingerprint density at radius 2 is 1.79 bits per heavy atom. The predicted molar refractivity (Wildman–Crippen MR) is 76.1 cm³/mol. The Labute approximate surface area is 116 Å². The van der Waals surface area contributed by atoms with E-state index in [1.165, 1.54) is 12.1 Å². The van der Waals surface area contributed by atoms with Gasteiger partial charge in [0.2, 0.25) is 0 Å². The van der Waals surface area contributed by atoms with Gasteiger partial charge in [-0.1, -0.05) is 29.8 Å². The van der Waals surface area contributed by atoms with E-state index in [9.17, 15) is 8.78 Å². The molecule has 0 aromatic heterocycles. The monoisotopic (exact) mass is 278 g/mol. The molecule has 0 fully saturated rings. The summed E-state index contributed by atoms with van der Waals surface area (Å²) in [6.45, 7) is 2.00. The number of hydrogen-bond acceptors (Lipinski definition) is 0. The van der Waals surface area contributed by atoms with Gasteiger partial charge in [-0.05, 0) is 36.3 Å². The summed E-state index contributed by atoms with van der Waals surface area (Å²) in [5.41, 5.74) is 3.04. The summed E-state index contributed by atoms with van der Waals surface area (Å²) in [5.74, 6) is -1.03. The van der Waals surface area contributed by atoms with Gasteiger partial charge in [-0.15, -0.1) is 11.6 Å². The van der Waals surface area contributed by atoms with Crippen molar-refractivity contribution in [3.05, 3.63) is 70.8 Å². The molecule has 0 N–H and O–H groups in total. The van der Waals surface area contributed by atoms with Crippen molar-refractivity contribution in [1.82, 2.24) is 0 Å². The van der Waals surface area contributed by atoms with E-state index in [4.69, 9.17) is 11.6 Å². The second kappa shape index (κ2) is 5.98. The molecule has 98 valence electrons. The Hall–Kier alpha value is -1.67. The number of rotatable bonds is 3. The number of hydrogen-bond donors (Lipinski definition) is 0. The molecule has 0 unspecified atom stereocenters. The van der Waals surface area contributed by atoms with Crippen molar-refractivity contribution in [2.24, 2.45) is 0 Å². The Kier molecular flexibility index (Phi) is 4.33.